The number of halogens is 1. The average molecular weight is 456 g/mol. The van der Waals surface area contributed by atoms with Crippen molar-refractivity contribution in [3.63, 3.8) is 0 Å². The topological polar surface area (TPSA) is 63.4 Å². The van der Waals surface area contributed by atoms with Crippen molar-refractivity contribution in [1.82, 2.24) is 4.98 Å². The van der Waals surface area contributed by atoms with Crippen LogP contribution in [0.4, 0.5) is 9.52 Å². The zero-order valence-corrected chi connectivity index (χ0v) is 18.6. The number of carbonyl (C=O) groups excluding carboxylic acids is 1. The summed E-state index contributed by atoms with van der Waals surface area (Å²) in [5, 5.41) is 0.745. The Morgan fingerprint density at radius 1 is 1.03 bits per heavy atom. The van der Waals surface area contributed by atoms with Crippen molar-refractivity contribution in [3.8, 4) is 0 Å². The van der Waals surface area contributed by atoms with Gasteiger partial charge in [-0.15, -0.1) is 0 Å². The van der Waals surface area contributed by atoms with Gasteiger partial charge in [0.25, 0.3) is 5.91 Å². The zero-order chi connectivity index (χ0) is 22.9. The molecule has 5 nitrogen and oxygen atoms in total. The first-order valence-electron chi connectivity index (χ1n) is 10.5. The highest BCUT2D eigenvalue weighted by Gasteiger charge is 2.45. The van der Waals surface area contributed by atoms with Crippen LogP contribution in [-0.2, 0) is 0 Å². The summed E-state index contributed by atoms with van der Waals surface area (Å²) in [7, 11) is 0. The largest absolute Gasteiger partial charge is 0.450 e. The molecule has 0 fully saturated rings. The van der Waals surface area contributed by atoms with Crippen LogP contribution in [-0.4, -0.2) is 10.9 Å². The van der Waals surface area contributed by atoms with Gasteiger partial charge in [0.2, 0.25) is 5.76 Å². The molecular weight excluding hydrogens is 439 g/mol. The summed E-state index contributed by atoms with van der Waals surface area (Å²) in [6.07, 6.45) is 0. The van der Waals surface area contributed by atoms with Gasteiger partial charge in [-0.3, -0.25) is 14.5 Å². The van der Waals surface area contributed by atoms with Crippen molar-refractivity contribution in [2.24, 2.45) is 0 Å². The molecular formula is C26H17FN2O3S. The van der Waals surface area contributed by atoms with E-state index in [4.69, 9.17) is 9.40 Å². The second-order valence-electron chi connectivity index (χ2n) is 8.19. The van der Waals surface area contributed by atoms with E-state index in [1.54, 1.807) is 42.5 Å². The number of rotatable bonds is 2. The van der Waals surface area contributed by atoms with E-state index in [0.717, 1.165) is 21.3 Å². The predicted molar refractivity (Wildman–Crippen MR) is 127 cm³/mol. The van der Waals surface area contributed by atoms with Gasteiger partial charge in [-0.1, -0.05) is 47.7 Å². The van der Waals surface area contributed by atoms with Crippen molar-refractivity contribution in [1.29, 1.82) is 0 Å². The van der Waals surface area contributed by atoms with Crippen molar-refractivity contribution in [3.05, 3.63) is 105 Å². The first-order chi connectivity index (χ1) is 15.9. The molecule has 1 aliphatic rings. The Kier molecular flexibility index (Phi) is 4.25. The number of benzene rings is 3. The molecule has 0 saturated carbocycles. The van der Waals surface area contributed by atoms with Crippen molar-refractivity contribution < 1.29 is 13.6 Å². The van der Waals surface area contributed by atoms with Crippen LogP contribution in [0.25, 0.3) is 21.2 Å². The first-order valence-corrected chi connectivity index (χ1v) is 11.3. The van der Waals surface area contributed by atoms with Gasteiger partial charge in [0.1, 0.15) is 17.4 Å². The average Bonchev–Trinajstić information content (AvgIpc) is 3.33. The summed E-state index contributed by atoms with van der Waals surface area (Å²) in [4.78, 5) is 33.3. The number of nitrogens with zero attached hydrogens (tertiary/aromatic N) is 2. The molecule has 0 unspecified atom stereocenters. The Hall–Kier alpha value is -3.84. The van der Waals surface area contributed by atoms with Crippen LogP contribution in [0.1, 0.15) is 38.9 Å². The Labute approximate surface area is 191 Å². The number of anilines is 1. The van der Waals surface area contributed by atoms with Gasteiger partial charge in [-0.25, -0.2) is 9.37 Å². The lowest BCUT2D eigenvalue weighted by Crippen LogP contribution is -2.30. The molecule has 1 atom stereocenters. The van der Waals surface area contributed by atoms with Gasteiger partial charge in [0.05, 0.1) is 21.2 Å². The molecule has 6 rings (SSSR count). The molecule has 0 bridgehead atoms. The molecule has 0 saturated heterocycles. The molecule has 33 heavy (non-hydrogen) atoms. The third kappa shape index (κ3) is 2.85. The van der Waals surface area contributed by atoms with Gasteiger partial charge < -0.3 is 4.42 Å². The number of amides is 1. The lowest BCUT2D eigenvalue weighted by Gasteiger charge is -2.22. The standard InChI is InChI=1S/C26H17FN2O3S/c1-13-11-14(2)21-19(12-13)33-26(28-21)29-22(15-7-3-5-9-17(15)27)20-23(30)16-8-4-6-10-18(16)32-24(20)25(29)31/h3-12,22H,1-2H3/t22-/m0/s1. The fraction of sp³-hybridized carbons (Fsp3) is 0.115. The minimum atomic E-state index is -0.975. The summed E-state index contributed by atoms with van der Waals surface area (Å²) < 4.78 is 21.9. The number of para-hydroxylation sites is 1. The Bertz CT molecular complexity index is 1670. The van der Waals surface area contributed by atoms with Crippen LogP contribution >= 0.6 is 11.3 Å². The fourth-order valence-corrected chi connectivity index (χ4v) is 5.74. The number of carbonyl (C=O) groups is 1. The minimum Gasteiger partial charge on any atom is -0.450 e. The lowest BCUT2D eigenvalue weighted by atomic mass is 9.98. The Morgan fingerprint density at radius 3 is 2.61 bits per heavy atom. The van der Waals surface area contributed by atoms with Gasteiger partial charge >= 0.3 is 0 Å². The van der Waals surface area contributed by atoms with Crippen LogP contribution in [0.5, 0.6) is 0 Å². The van der Waals surface area contributed by atoms with E-state index in [9.17, 15) is 9.59 Å². The maximum absolute atomic E-state index is 15.0. The number of hydrogen-bond donors (Lipinski definition) is 0. The predicted octanol–water partition coefficient (Wildman–Crippen LogP) is 5.91. The highest BCUT2D eigenvalue weighted by molar-refractivity contribution is 7.22. The molecule has 162 valence electrons. The monoisotopic (exact) mass is 456 g/mol. The number of hydrogen-bond acceptors (Lipinski definition) is 5. The quantitative estimate of drug-likeness (QED) is 0.331. The maximum Gasteiger partial charge on any atom is 0.297 e. The number of aryl methyl sites for hydroxylation is 2. The smallest absolute Gasteiger partial charge is 0.297 e. The minimum absolute atomic E-state index is 0.0703. The van der Waals surface area contributed by atoms with E-state index in [0.29, 0.717) is 16.1 Å². The summed E-state index contributed by atoms with van der Waals surface area (Å²) in [5.41, 5.74) is 3.18. The molecule has 3 heterocycles. The summed E-state index contributed by atoms with van der Waals surface area (Å²) in [6, 6.07) is 16.0. The lowest BCUT2D eigenvalue weighted by molar-refractivity contribution is 0.0971. The van der Waals surface area contributed by atoms with Gasteiger partial charge in [-0.2, -0.15) is 0 Å². The third-order valence-electron chi connectivity index (χ3n) is 6.00. The fourth-order valence-electron chi connectivity index (χ4n) is 4.57. The number of thiazole rings is 1. The zero-order valence-electron chi connectivity index (χ0n) is 17.8. The molecule has 2 aromatic heterocycles. The third-order valence-corrected chi connectivity index (χ3v) is 7.00. The van der Waals surface area contributed by atoms with Crippen molar-refractivity contribution >= 4 is 43.6 Å². The van der Waals surface area contributed by atoms with Crippen LogP contribution in [0, 0.1) is 19.7 Å². The summed E-state index contributed by atoms with van der Waals surface area (Å²) >= 11 is 1.34. The van der Waals surface area contributed by atoms with E-state index in [1.807, 2.05) is 26.0 Å². The van der Waals surface area contributed by atoms with Crippen molar-refractivity contribution in [2.75, 3.05) is 4.90 Å². The molecule has 7 heteroatoms. The number of aromatic nitrogens is 1. The molecule has 1 aliphatic heterocycles. The Balaban J connectivity index is 1.67. The van der Waals surface area contributed by atoms with Crippen LogP contribution in [0.15, 0.2) is 69.9 Å². The molecule has 0 aliphatic carbocycles. The van der Waals surface area contributed by atoms with E-state index in [-0.39, 0.29) is 22.3 Å². The summed E-state index contributed by atoms with van der Waals surface area (Å²) in [6.45, 7) is 3.96. The molecule has 0 N–H and O–H groups in total. The second-order valence-corrected chi connectivity index (χ2v) is 9.20. The van der Waals surface area contributed by atoms with Crippen LogP contribution in [0.2, 0.25) is 0 Å². The molecule has 0 radical (unpaired) electrons. The van der Waals surface area contributed by atoms with E-state index in [1.165, 1.54) is 22.3 Å². The second kappa shape index (κ2) is 7.08. The molecule has 1 amide bonds. The first kappa shape index (κ1) is 19.8. The molecule has 0 spiro atoms. The van der Waals surface area contributed by atoms with Gasteiger partial charge in [-0.05, 0) is 49.2 Å². The van der Waals surface area contributed by atoms with Crippen LogP contribution < -0.4 is 10.3 Å². The van der Waals surface area contributed by atoms with E-state index in [2.05, 4.69) is 0 Å². The highest BCUT2D eigenvalue weighted by atomic mass is 32.1. The van der Waals surface area contributed by atoms with E-state index < -0.39 is 17.8 Å². The van der Waals surface area contributed by atoms with Crippen molar-refractivity contribution in [2.45, 2.75) is 19.9 Å². The van der Waals surface area contributed by atoms with Gasteiger partial charge in [0.15, 0.2) is 10.6 Å². The highest BCUT2D eigenvalue weighted by Crippen LogP contribution is 2.44. The van der Waals surface area contributed by atoms with E-state index >= 15 is 4.39 Å². The number of fused-ring (bicyclic) bond motifs is 3. The SMILES string of the molecule is Cc1cc(C)c2nc(N3C(=O)c4oc5ccccc5c(=O)c4[C@@H]3c3ccccc3F)sc2c1. The van der Waals surface area contributed by atoms with Gasteiger partial charge in [0, 0.05) is 5.56 Å². The Morgan fingerprint density at radius 2 is 1.79 bits per heavy atom. The molecule has 5 aromatic rings. The summed E-state index contributed by atoms with van der Waals surface area (Å²) in [5.74, 6) is -1.08. The molecule has 3 aromatic carbocycles. The normalized spacial score (nSPS) is 15.5. The maximum atomic E-state index is 15.0. The van der Waals surface area contributed by atoms with Crippen LogP contribution in [0.3, 0.4) is 0 Å².